The third kappa shape index (κ3) is 4.36. The van der Waals surface area contributed by atoms with E-state index in [1.807, 2.05) is 0 Å². The van der Waals surface area contributed by atoms with Crippen LogP contribution in [-0.2, 0) is 11.2 Å². The Balaban J connectivity index is 1.48. The Hall–Kier alpha value is -1.59. The monoisotopic (exact) mass is 384 g/mol. The molecule has 5 nitrogen and oxygen atoms in total. The van der Waals surface area contributed by atoms with E-state index in [0.717, 1.165) is 58.5 Å². The highest BCUT2D eigenvalue weighted by molar-refractivity contribution is 5.78. The van der Waals surface area contributed by atoms with Gasteiger partial charge in [-0.1, -0.05) is 31.4 Å². The molecule has 4 rings (SSSR count). The number of hydrogen-bond donors (Lipinski definition) is 1. The van der Waals surface area contributed by atoms with Gasteiger partial charge in [0.15, 0.2) is 0 Å². The second-order valence-electron chi connectivity index (χ2n) is 8.99. The van der Waals surface area contributed by atoms with Crippen LogP contribution >= 0.6 is 0 Å². The average molecular weight is 385 g/mol. The highest BCUT2D eigenvalue weighted by Gasteiger charge is 2.28. The van der Waals surface area contributed by atoms with Crippen LogP contribution in [-0.4, -0.2) is 69.1 Å². The van der Waals surface area contributed by atoms with Crippen molar-refractivity contribution in [2.75, 3.05) is 58.3 Å². The lowest BCUT2D eigenvalue weighted by Crippen LogP contribution is -2.49. The molecule has 0 bridgehead atoms. The van der Waals surface area contributed by atoms with Gasteiger partial charge in [-0.15, -0.1) is 0 Å². The molecule has 28 heavy (non-hydrogen) atoms. The van der Waals surface area contributed by atoms with Crippen LogP contribution in [0.1, 0.15) is 49.3 Å². The Bertz CT molecular complexity index is 677. The van der Waals surface area contributed by atoms with Crippen molar-refractivity contribution in [1.29, 1.82) is 0 Å². The van der Waals surface area contributed by atoms with Crippen LogP contribution in [0.3, 0.4) is 0 Å². The summed E-state index contributed by atoms with van der Waals surface area (Å²) in [7, 11) is 4.37. The summed E-state index contributed by atoms with van der Waals surface area (Å²) in [5.41, 5.74) is 4.19. The van der Waals surface area contributed by atoms with Crippen LogP contribution < -0.4 is 10.2 Å². The zero-order chi connectivity index (χ0) is 19.5. The molecule has 3 aliphatic rings. The highest BCUT2D eigenvalue weighted by atomic mass is 16.1. The Kier molecular flexibility index (Phi) is 6.22. The number of benzene rings is 1. The Morgan fingerprint density at radius 3 is 2.57 bits per heavy atom. The minimum absolute atomic E-state index is 0.232. The number of fused-ring (bicyclic) bond motifs is 1. The van der Waals surface area contributed by atoms with E-state index in [4.69, 9.17) is 0 Å². The van der Waals surface area contributed by atoms with E-state index in [-0.39, 0.29) is 17.9 Å². The molecule has 1 saturated heterocycles. The molecule has 1 N–H and O–H groups in total. The fraction of sp³-hybridized carbons (Fsp3) is 0.696. The molecule has 0 unspecified atom stereocenters. The average Bonchev–Trinajstić information content (AvgIpc) is 3.10. The van der Waals surface area contributed by atoms with Gasteiger partial charge in [-0.25, -0.2) is 0 Å². The van der Waals surface area contributed by atoms with Crippen molar-refractivity contribution >= 4 is 11.6 Å². The van der Waals surface area contributed by atoms with Crippen molar-refractivity contribution in [3.8, 4) is 0 Å². The van der Waals surface area contributed by atoms with Crippen LogP contribution in [0, 0.1) is 5.92 Å². The Labute approximate surface area is 170 Å². The van der Waals surface area contributed by atoms with Gasteiger partial charge < -0.3 is 15.1 Å². The molecule has 2 aliphatic heterocycles. The van der Waals surface area contributed by atoms with Gasteiger partial charge in [-0.3, -0.25) is 9.69 Å². The molecule has 1 atom stereocenters. The molecule has 5 heteroatoms. The molecule has 0 radical (unpaired) electrons. The molecule has 2 fully saturated rings. The normalized spacial score (nSPS) is 22.9. The van der Waals surface area contributed by atoms with E-state index in [1.54, 1.807) is 0 Å². The fourth-order valence-corrected chi connectivity index (χ4v) is 5.09. The summed E-state index contributed by atoms with van der Waals surface area (Å²) in [6.45, 7) is 6.17. The number of rotatable bonds is 5. The third-order valence-corrected chi connectivity index (χ3v) is 7.04. The largest absolute Gasteiger partial charge is 0.374 e. The lowest BCUT2D eigenvalue weighted by atomic mass is 9.88. The third-order valence-electron chi connectivity index (χ3n) is 7.04. The molecule has 0 spiro atoms. The van der Waals surface area contributed by atoms with Crippen molar-refractivity contribution in [1.82, 2.24) is 15.1 Å². The first kappa shape index (κ1) is 19.7. The molecular formula is C23H36N4O. The first-order chi connectivity index (χ1) is 13.6. The predicted molar refractivity (Wildman–Crippen MR) is 115 cm³/mol. The van der Waals surface area contributed by atoms with Crippen molar-refractivity contribution in [2.24, 2.45) is 5.92 Å². The standard InChI is InChI=1S/C23H36N4O/c1-25-12-14-27(15-13-25)22(17-24-23(28)18-6-4-3-5-7-18)19-8-9-21-20(16-19)10-11-26(21)2/h8-9,16,18,22H,3-7,10-15,17H2,1-2H3,(H,24,28)/t22-/m0/s1. The number of nitrogens with one attached hydrogen (secondary N) is 1. The predicted octanol–water partition coefficient (Wildman–Crippen LogP) is 2.66. The first-order valence-corrected chi connectivity index (χ1v) is 11.2. The quantitative estimate of drug-likeness (QED) is 0.847. The van der Waals surface area contributed by atoms with Crippen LogP contribution in [0.25, 0.3) is 0 Å². The molecule has 1 aliphatic carbocycles. The number of piperazine rings is 1. The summed E-state index contributed by atoms with van der Waals surface area (Å²) < 4.78 is 0. The lowest BCUT2D eigenvalue weighted by Gasteiger charge is -2.38. The van der Waals surface area contributed by atoms with Crippen LogP contribution in [0.5, 0.6) is 0 Å². The highest BCUT2D eigenvalue weighted by Crippen LogP contribution is 2.31. The summed E-state index contributed by atoms with van der Waals surface area (Å²) in [5.74, 6) is 0.510. The molecule has 2 heterocycles. The zero-order valence-corrected chi connectivity index (χ0v) is 17.6. The number of hydrogen-bond acceptors (Lipinski definition) is 4. The van der Waals surface area contributed by atoms with Gasteiger partial charge in [-0.05, 0) is 43.5 Å². The van der Waals surface area contributed by atoms with E-state index in [9.17, 15) is 4.79 Å². The van der Waals surface area contributed by atoms with Crippen molar-refractivity contribution in [3.05, 3.63) is 29.3 Å². The van der Waals surface area contributed by atoms with Crippen LogP contribution in [0.4, 0.5) is 5.69 Å². The van der Waals surface area contributed by atoms with Crippen LogP contribution in [0.2, 0.25) is 0 Å². The van der Waals surface area contributed by atoms with Gasteiger partial charge in [0.1, 0.15) is 0 Å². The van der Waals surface area contributed by atoms with Gasteiger partial charge in [0, 0.05) is 57.9 Å². The minimum Gasteiger partial charge on any atom is -0.374 e. The fourth-order valence-electron chi connectivity index (χ4n) is 5.09. The smallest absolute Gasteiger partial charge is 0.223 e. The number of carbonyl (C=O) groups is 1. The Morgan fingerprint density at radius 2 is 1.82 bits per heavy atom. The van der Waals surface area contributed by atoms with E-state index in [1.165, 1.54) is 36.1 Å². The molecule has 1 aromatic rings. The number of carbonyl (C=O) groups excluding carboxylic acids is 1. The van der Waals surface area contributed by atoms with Gasteiger partial charge >= 0.3 is 0 Å². The lowest BCUT2D eigenvalue weighted by molar-refractivity contribution is -0.126. The Morgan fingerprint density at radius 1 is 1.07 bits per heavy atom. The summed E-state index contributed by atoms with van der Waals surface area (Å²) in [5, 5.41) is 3.33. The topological polar surface area (TPSA) is 38.8 Å². The molecule has 1 aromatic carbocycles. The van der Waals surface area contributed by atoms with E-state index in [0.29, 0.717) is 0 Å². The number of likely N-dealkylation sites (N-methyl/N-ethyl adjacent to an activating group) is 2. The summed E-state index contributed by atoms with van der Waals surface area (Å²) in [6.07, 6.45) is 6.96. The van der Waals surface area contributed by atoms with Crippen LogP contribution in [0.15, 0.2) is 18.2 Å². The van der Waals surface area contributed by atoms with E-state index in [2.05, 4.69) is 52.3 Å². The van der Waals surface area contributed by atoms with E-state index >= 15 is 0 Å². The maximum Gasteiger partial charge on any atom is 0.223 e. The summed E-state index contributed by atoms with van der Waals surface area (Å²) in [6, 6.07) is 7.24. The minimum atomic E-state index is 0.232. The molecule has 1 amide bonds. The van der Waals surface area contributed by atoms with Crippen molar-refractivity contribution in [2.45, 2.75) is 44.6 Å². The van der Waals surface area contributed by atoms with Gasteiger partial charge in [0.2, 0.25) is 5.91 Å². The second-order valence-corrected chi connectivity index (χ2v) is 8.99. The maximum atomic E-state index is 12.8. The summed E-state index contributed by atoms with van der Waals surface area (Å²) in [4.78, 5) is 20.1. The number of amides is 1. The van der Waals surface area contributed by atoms with Gasteiger partial charge in [0.25, 0.3) is 0 Å². The number of anilines is 1. The van der Waals surface area contributed by atoms with Gasteiger partial charge in [0.05, 0.1) is 6.04 Å². The first-order valence-electron chi connectivity index (χ1n) is 11.2. The zero-order valence-electron chi connectivity index (χ0n) is 17.6. The summed E-state index contributed by atoms with van der Waals surface area (Å²) >= 11 is 0. The van der Waals surface area contributed by atoms with Crippen molar-refractivity contribution < 1.29 is 4.79 Å². The molecule has 154 valence electrons. The maximum absolute atomic E-state index is 12.8. The number of nitrogens with zero attached hydrogens (tertiary/aromatic N) is 3. The molecule has 1 saturated carbocycles. The van der Waals surface area contributed by atoms with E-state index < -0.39 is 0 Å². The van der Waals surface area contributed by atoms with Gasteiger partial charge in [-0.2, -0.15) is 0 Å². The molecular weight excluding hydrogens is 348 g/mol. The second kappa shape index (κ2) is 8.83. The SMILES string of the molecule is CN1CCN([C@@H](CNC(=O)C2CCCCC2)c2ccc3c(c2)CCN3C)CC1. The molecule has 0 aromatic heterocycles. The van der Waals surface area contributed by atoms with Crippen molar-refractivity contribution in [3.63, 3.8) is 0 Å².